The molecule has 0 bridgehead atoms. The summed E-state index contributed by atoms with van der Waals surface area (Å²) in [7, 11) is 0. The Labute approximate surface area is 99.0 Å². The lowest BCUT2D eigenvalue weighted by molar-refractivity contribution is 0.0753. The molecule has 0 radical (unpaired) electrons. The standard InChI is InChI=1S/C12H13ClFNO/c13-6-7-15(11-4-5-11)12(16)9-2-1-3-10(14)8-9/h1-3,8,11H,4-7H2. The van der Waals surface area contributed by atoms with E-state index in [-0.39, 0.29) is 11.7 Å². The number of benzene rings is 1. The zero-order chi connectivity index (χ0) is 11.5. The van der Waals surface area contributed by atoms with Crippen LogP contribution in [0.25, 0.3) is 0 Å². The fraction of sp³-hybridized carbons (Fsp3) is 0.417. The van der Waals surface area contributed by atoms with Crippen LogP contribution in [0.5, 0.6) is 0 Å². The molecule has 1 aliphatic rings. The Morgan fingerprint density at radius 3 is 2.81 bits per heavy atom. The second-order valence-corrected chi connectivity index (χ2v) is 4.31. The van der Waals surface area contributed by atoms with Crippen molar-refractivity contribution in [1.29, 1.82) is 0 Å². The van der Waals surface area contributed by atoms with Crippen molar-refractivity contribution in [3.63, 3.8) is 0 Å². The van der Waals surface area contributed by atoms with E-state index in [0.717, 1.165) is 12.8 Å². The van der Waals surface area contributed by atoms with Gasteiger partial charge < -0.3 is 4.90 Å². The van der Waals surface area contributed by atoms with Gasteiger partial charge >= 0.3 is 0 Å². The molecule has 1 aliphatic carbocycles. The summed E-state index contributed by atoms with van der Waals surface area (Å²) < 4.78 is 13.0. The molecule has 0 heterocycles. The van der Waals surface area contributed by atoms with Gasteiger partial charge in [0.25, 0.3) is 5.91 Å². The van der Waals surface area contributed by atoms with Crippen molar-refractivity contribution in [2.24, 2.45) is 0 Å². The highest BCUT2D eigenvalue weighted by molar-refractivity contribution is 6.18. The van der Waals surface area contributed by atoms with Gasteiger partial charge in [-0.05, 0) is 31.0 Å². The molecule has 2 nitrogen and oxygen atoms in total. The number of carbonyl (C=O) groups is 1. The maximum atomic E-state index is 13.0. The van der Waals surface area contributed by atoms with Crippen LogP contribution >= 0.6 is 11.6 Å². The summed E-state index contributed by atoms with van der Waals surface area (Å²) in [5, 5.41) is 0. The lowest BCUT2D eigenvalue weighted by Crippen LogP contribution is -2.34. The number of hydrogen-bond donors (Lipinski definition) is 0. The minimum absolute atomic E-state index is 0.123. The van der Waals surface area contributed by atoms with E-state index in [1.54, 1.807) is 17.0 Å². The quantitative estimate of drug-likeness (QED) is 0.743. The van der Waals surface area contributed by atoms with Gasteiger partial charge in [-0.2, -0.15) is 0 Å². The smallest absolute Gasteiger partial charge is 0.254 e. The molecule has 86 valence electrons. The van der Waals surface area contributed by atoms with Crippen LogP contribution in [0.4, 0.5) is 4.39 Å². The highest BCUT2D eigenvalue weighted by atomic mass is 35.5. The van der Waals surface area contributed by atoms with Gasteiger partial charge in [-0.3, -0.25) is 4.79 Å². The van der Waals surface area contributed by atoms with Crippen molar-refractivity contribution < 1.29 is 9.18 Å². The fourth-order valence-electron chi connectivity index (χ4n) is 1.71. The maximum absolute atomic E-state index is 13.0. The summed E-state index contributed by atoms with van der Waals surface area (Å²) in [5.74, 6) is -0.0903. The highest BCUT2D eigenvalue weighted by Gasteiger charge is 2.32. The van der Waals surface area contributed by atoms with Gasteiger partial charge in [0.15, 0.2) is 0 Å². The van der Waals surface area contributed by atoms with E-state index in [9.17, 15) is 9.18 Å². The Kier molecular flexibility index (Phi) is 3.44. The van der Waals surface area contributed by atoms with Crippen LogP contribution in [0.3, 0.4) is 0 Å². The third kappa shape index (κ3) is 2.53. The van der Waals surface area contributed by atoms with Gasteiger partial charge in [0.2, 0.25) is 0 Å². The highest BCUT2D eigenvalue weighted by Crippen LogP contribution is 2.28. The van der Waals surface area contributed by atoms with E-state index < -0.39 is 0 Å². The molecule has 1 saturated carbocycles. The molecular weight excluding hydrogens is 229 g/mol. The topological polar surface area (TPSA) is 20.3 Å². The van der Waals surface area contributed by atoms with E-state index in [0.29, 0.717) is 24.0 Å². The van der Waals surface area contributed by atoms with Crippen LogP contribution in [-0.2, 0) is 0 Å². The first-order chi connectivity index (χ1) is 7.72. The second-order valence-electron chi connectivity index (χ2n) is 3.93. The summed E-state index contributed by atoms with van der Waals surface area (Å²) in [6.07, 6.45) is 2.05. The first-order valence-electron chi connectivity index (χ1n) is 5.35. The lowest BCUT2D eigenvalue weighted by Gasteiger charge is -2.21. The number of amides is 1. The van der Waals surface area contributed by atoms with Gasteiger partial charge in [0, 0.05) is 24.0 Å². The normalized spacial score (nSPS) is 14.9. The number of carbonyl (C=O) groups excluding carboxylic acids is 1. The number of alkyl halides is 1. The molecule has 0 N–H and O–H groups in total. The predicted octanol–water partition coefficient (Wildman–Crippen LogP) is 2.67. The zero-order valence-corrected chi connectivity index (χ0v) is 9.58. The molecule has 0 aromatic heterocycles. The molecule has 0 unspecified atom stereocenters. The monoisotopic (exact) mass is 241 g/mol. The predicted molar refractivity (Wildman–Crippen MR) is 61.2 cm³/mol. The molecule has 2 rings (SSSR count). The molecule has 0 aliphatic heterocycles. The molecule has 0 saturated heterocycles. The van der Waals surface area contributed by atoms with Crippen LogP contribution in [-0.4, -0.2) is 29.3 Å². The molecule has 1 fully saturated rings. The third-order valence-electron chi connectivity index (χ3n) is 2.65. The lowest BCUT2D eigenvalue weighted by atomic mass is 10.2. The number of hydrogen-bond acceptors (Lipinski definition) is 1. The molecule has 1 amide bonds. The summed E-state index contributed by atoms with van der Waals surface area (Å²) in [6.45, 7) is 0.529. The van der Waals surface area contributed by atoms with Crippen LogP contribution in [0, 0.1) is 5.82 Å². The van der Waals surface area contributed by atoms with E-state index in [4.69, 9.17) is 11.6 Å². The minimum Gasteiger partial charge on any atom is -0.334 e. The van der Waals surface area contributed by atoms with Crippen molar-refractivity contribution in [2.75, 3.05) is 12.4 Å². The Bertz CT molecular complexity index is 392. The molecule has 0 atom stereocenters. The minimum atomic E-state index is -0.382. The van der Waals surface area contributed by atoms with Crippen molar-refractivity contribution in [3.8, 4) is 0 Å². The third-order valence-corrected chi connectivity index (χ3v) is 2.81. The first kappa shape index (κ1) is 11.4. The molecular formula is C12H13ClFNO. The van der Waals surface area contributed by atoms with Crippen molar-refractivity contribution >= 4 is 17.5 Å². The number of halogens is 2. The van der Waals surface area contributed by atoms with Crippen molar-refractivity contribution in [2.45, 2.75) is 18.9 Å². The molecule has 16 heavy (non-hydrogen) atoms. The average Bonchev–Trinajstić information content (AvgIpc) is 3.09. The van der Waals surface area contributed by atoms with E-state index in [2.05, 4.69) is 0 Å². The summed E-state index contributed by atoms with van der Waals surface area (Å²) in [5.41, 5.74) is 0.400. The maximum Gasteiger partial charge on any atom is 0.254 e. The van der Waals surface area contributed by atoms with E-state index in [1.807, 2.05) is 0 Å². The van der Waals surface area contributed by atoms with Gasteiger partial charge in [0.1, 0.15) is 5.82 Å². The van der Waals surface area contributed by atoms with Crippen molar-refractivity contribution in [3.05, 3.63) is 35.6 Å². The fourth-order valence-corrected chi connectivity index (χ4v) is 1.90. The van der Waals surface area contributed by atoms with Crippen LogP contribution in [0.1, 0.15) is 23.2 Å². The number of nitrogens with zero attached hydrogens (tertiary/aromatic N) is 1. The van der Waals surface area contributed by atoms with E-state index in [1.165, 1.54) is 12.1 Å². The van der Waals surface area contributed by atoms with Crippen LogP contribution in [0.15, 0.2) is 24.3 Å². The summed E-state index contributed by atoms with van der Waals surface area (Å²) in [4.78, 5) is 13.8. The summed E-state index contributed by atoms with van der Waals surface area (Å²) >= 11 is 5.66. The van der Waals surface area contributed by atoms with Crippen LogP contribution < -0.4 is 0 Å². The number of rotatable bonds is 4. The van der Waals surface area contributed by atoms with Crippen molar-refractivity contribution in [1.82, 2.24) is 4.90 Å². The SMILES string of the molecule is O=C(c1cccc(F)c1)N(CCCl)C1CC1. The summed E-state index contributed by atoms with van der Waals surface area (Å²) in [6, 6.07) is 6.09. The van der Waals surface area contributed by atoms with Crippen LogP contribution in [0.2, 0.25) is 0 Å². The van der Waals surface area contributed by atoms with Gasteiger partial charge in [-0.25, -0.2) is 4.39 Å². The Morgan fingerprint density at radius 2 is 2.25 bits per heavy atom. The molecule has 1 aromatic carbocycles. The molecule has 4 heteroatoms. The zero-order valence-electron chi connectivity index (χ0n) is 8.83. The molecule has 0 spiro atoms. The van der Waals surface area contributed by atoms with Gasteiger partial charge in [-0.1, -0.05) is 6.07 Å². The van der Waals surface area contributed by atoms with Gasteiger partial charge in [0.05, 0.1) is 0 Å². The molecule has 1 aromatic rings. The Hall–Kier alpha value is -1.09. The Morgan fingerprint density at radius 1 is 1.50 bits per heavy atom. The second kappa shape index (κ2) is 4.83. The largest absolute Gasteiger partial charge is 0.334 e. The van der Waals surface area contributed by atoms with Gasteiger partial charge in [-0.15, -0.1) is 11.6 Å². The average molecular weight is 242 g/mol. The van der Waals surface area contributed by atoms with E-state index >= 15 is 0 Å². The Balaban J connectivity index is 2.15. The first-order valence-corrected chi connectivity index (χ1v) is 5.88.